The summed E-state index contributed by atoms with van der Waals surface area (Å²) in [5.41, 5.74) is -0.352. The molecule has 2 heterocycles. The predicted molar refractivity (Wildman–Crippen MR) is 148 cm³/mol. The Kier molecular flexibility index (Phi) is 9.02. The quantitative estimate of drug-likeness (QED) is 0.208. The van der Waals surface area contributed by atoms with Crippen molar-refractivity contribution in [2.45, 2.75) is 43.9 Å². The van der Waals surface area contributed by atoms with Crippen LogP contribution in [0.2, 0.25) is 5.02 Å². The highest BCUT2D eigenvalue weighted by molar-refractivity contribution is 7.93. The molecule has 8 nitrogen and oxygen atoms in total. The first-order valence-corrected chi connectivity index (χ1v) is 14.4. The first-order valence-electron chi connectivity index (χ1n) is 12.6. The summed E-state index contributed by atoms with van der Waals surface area (Å²) < 4.78 is 95.2. The number of carboxylic acids is 1. The number of halogens is 5. The molecule has 1 aliphatic heterocycles. The van der Waals surface area contributed by atoms with E-state index < -0.39 is 57.0 Å². The van der Waals surface area contributed by atoms with E-state index in [0.29, 0.717) is 23.4 Å². The van der Waals surface area contributed by atoms with Crippen LogP contribution in [0.1, 0.15) is 43.4 Å². The highest BCUT2D eigenvalue weighted by atomic mass is 35.5. The van der Waals surface area contributed by atoms with E-state index in [-0.39, 0.29) is 41.5 Å². The Hall–Kier alpha value is -3.84. The van der Waals surface area contributed by atoms with Crippen molar-refractivity contribution in [1.29, 1.82) is 0 Å². The molecule has 1 aliphatic rings. The van der Waals surface area contributed by atoms with Gasteiger partial charge in [0.1, 0.15) is 17.7 Å². The van der Waals surface area contributed by atoms with Crippen molar-refractivity contribution in [3.05, 3.63) is 76.2 Å². The Balaban J connectivity index is 1.86. The summed E-state index contributed by atoms with van der Waals surface area (Å²) in [6, 6.07) is 9.09. The van der Waals surface area contributed by atoms with Crippen molar-refractivity contribution in [2.75, 3.05) is 17.5 Å². The molecule has 1 N–H and O–H groups in total. The number of ether oxygens (including phenoxy) is 2. The summed E-state index contributed by atoms with van der Waals surface area (Å²) in [5, 5.41) is 9.30. The molecule has 0 amide bonds. The molecule has 0 unspecified atom stereocenters. The molecule has 0 bridgehead atoms. The van der Waals surface area contributed by atoms with E-state index in [2.05, 4.69) is 4.98 Å². The average molecular weight is 629 g/mol. The number of aliphatic carboxylic acids is 1. The second-order valence-corrected chi connectivity index (χ2v) is 11.6. The first kappa shape index (κ1) is 31.1. The Morgan fingerprint density at radius 2 is 2.00 bits per heavy atom. The maximum atomic E-state index is 14.5. The zero-order valence-corrected chi connectivity index (χ0v) is 23.9. The van der Waals surface area contributed by atoms with Crippen LogP contribution in [0.25, 0.3) is 11.6 Å². The maximum absolute atomic E-state index is 14.5. The van der Waals surface area contributed by atoms with Crippen molar-refractivity contribution in [2.24, 2.45) is 0 Å². The van der Waals surface area contributed by atoms with Gasteiger partial charge in [0.15, 0.2) is 4.90 Å². The van der Waals surface area contributed by atoms with Gasteiger partial charge in [-0.1, -0.05) is 29.8 Å². The number of pyridine rings is 1. The summed E-state index contributed by atoms with van der Waals surface area (Å²) in [5.74, 6) is -2.18. The Labute approximate surface area is 244 Å². The van der Waals surface area contributed by atoms with E-state index in [9.17, 15) is 30.8 Å². The van der Waals surface area contributed by atoms with Gasteiger partial charge in [-0.3, -0.25) is 9.10 Å². The molecule has 42 heavy (non-hydrogen) atoms. The Morgan fingerprint density at radius 1 is 1.26 bits per heavy atom. The number of carboxylic acid groups (broad SMARTS) is 1. The van der Waals surface area contributed by atoms with Gasteiger partial charge in [0.05, 0.1) is 29.4 Å². The van der Waals surface area contributed by atoms with E-state index in [1.807, 2.05) is 0 Å². The fourth-order valence-electron chi connectivity index (χ4n) is 4.41. The van der Waals surface area contributed by atoms with Crippen LogP contribution in [0, 0.1) is 5.82 Å². The molecule has 0 saturated carbocycles. The van der Waals surface area contributed by atoms with E-state index >= 15 is 0 Å². The van der Waals surface area contributed by atoms with Crippen molar-refractivity contribution in [3.63, 3.8) is 0 Å². The molecule has 0 spiro atoms. The number of hydrogen-bond donors (Lipinski definition) is 1. The van der Waals surface area contributed by atoms with E-state index in [1.165, 1.54) is 37.3 Å². The number of aromatic nitrogens is 1. The average Bonchev–Trinajstić information content (AvgIpc) is 2.91. The summed E-state index contributed by atoms with van der Waals surface area (Å²) in [6.45, 7) is 2.65. The number of sulfonamides is 1. The van der Waals surface area contributed by atoms with Gasteiger partial charge in [0.25, 0.3) is 10.0 Å². The largest absolute Gasteiger partial charge is 0.486 e. The van der Waals surface area contributed by atoms with E-state index in [4.69, 9.17) is 26.2 Å². The molecule has 0 radical (unpaired) electrons. The fourth-order valence-corrected chi connectivity index (χ4v) is 6.34. The SMILES string of the molecule is CCOc1ncc(C(F)(F)F)cc1S(=O)(=O)N1C[C@H](CCC(=O)O)Oc2ccc(/C=C(\C)c3c(F)cccc3Cl)cc21. The lowest BCUT2D eigenvalue weighted by Crippen LogP contribution is -2.44. The van der Waals surface area contributed by atoms with Crippen LogP contribution >= 0.6 is 11.6 Å². The Bertz CT molecular complexity index is 1630. The molecular weight excluding hydrogens is 604 g/mol. The molecular formula is C28H25ClF4N2O6S. The topological polar surface area (TPSA) is 106 Å². The monoisotopic (exact) mass is 628 g/mol. The minimum absolute atomic E-state index is 0.0254. The molecule has 1 aromatic heterocycles. The minimum Gasteiger partial charge on any atom is -0.486 e. The van der Waals surface area contributed by atoms with Gasteiger partial charge in [-0.05, 0) is 61.7 Å². The number of nitrogens with zero attached hydrogens (tertiary/aromatic N) is 2. The van der Waals surface area contributed by atoms with Crippen LogP contribution in [0.3, 0.4) is 0 Å². The number of anilines is 1. The third kappa shape index (κ3) is 6.62. The second kappa shape index (κ2) is 12.2. The number of carbonyl (C=O) groups is 1. The van der Waals surface area contributed by atoms with E-state index in [1.54, 1.807) is 19.1 Å². The molecule has 14 heteroatoms. The van der Waals surface area contributed by atoms with E-state index in [0.717, 1.165) is 4.31 Å². The summed E-state index contributed by atoms with van der Waals surface area (Å²) in [6.07, 6.45) is -4.20. The first-order chi connectivity index (χ1) is 19.7. The molecule has 3 aromatic rings. The second-order valence-electron chi connectivity index (χ2n) is 9.32. The number of allylic oxidation sites excluding steroid dienone is 1. The third-order valence-electron chi connectivity index (χ3n) is 6.33. The predicted octanol–water partition coefficient (Wildman–Crippen LogP) is 6.67. The number of rotatable bonds is 9. The number of hydrogen-bond acceptors (Lipinski definition) is 6. The molecule has 224 valence electrons. The lowest BCUT2D eigenvalue weighted by molar-refractivity contribution is -0.138. The molecule has 0 aliphatic carbocycles. The highest BCUT2D eigenvalue weighted by Gasteiger charge is 2.39. The van der Waals surface area contributed by atoms with Gasteiger partial charge in [-0.25, -0.2) is 17.8 Å². The van der Waals surface area contributed by atoms with Gasteiger partial charge in [-0.15, -0.1) is 0 Å². The lowest BCUT2D eigenvalue weighted by atomic mass is 10.0. The Morgan fingerprint density at radius 3 is 2.64 bits per heavy atom. The van der Waals surface area contributed by atoms with Crippen LogP contribution in [-0.2, 0) is 21.0 Å². The fraction of sp³-hybridized carbons (Fsp3) is 0.286. The minimum atomic E-state index is -4.89. The summed E-state index contributed by atoms with van der Waals surface area (Å²) in [4.78, 5) is 14.0. The van der Waals surface area contributed by atoms with Gasteiger partial charge in [0.2, 0.25) is 5.88 Å². The van der Waals surface area contributed by atoms with Crippen LogP contribution in [-0.4, -0.2) is 43.7 Å². The van der Waals surface area contributed by atoms with Gasteiger partial charge < -0.3 is 14.6 Å². The highest BCUT2D eigenvalue weighted by Crippen LogP contribution is 2.42. The molecule has 0 fully saturated rings. The normalized spacial score (nSPS) is 15.6. The van der Waals surface area contributed by atoms with Crippen molar-refractivity contribution < 1.29 is 45.4 Å². The van der Waals surface area contributed by atoms with Gasteiger partial charge in [-0.2, -0.15) is 13.2 Å². The summed E-state index contributed by atoms with van der Waals surface area (Å²) >= 11 is 6.18. The van der Waals surface area contributed by atoms with Crippen LogP contribution in [0.5, 0.6) is 11.6 Å². The van der Waals surface area contributed by atoms with Crippen LogP contribution < -0.4 is 13.8 Å². The lowest BCUT2D eigenvalue weighted by Gasteiger charge is -2.35. The van der Waals surface area contributed by atoms with Crippen molar-refractivity contribution in [1.82, 2.24) is 4.98 Å². The molecule has 0 saturated heterocycles. The van der Waals surface area contributed by atoms with Crippen LogP contribution in [0.15, 0.2) is 53.6 Å². The molecule has 2 aromatic carbocycles. The third-order valence-corrected chi connectivity index (χ3v) is 8.42. The number of alkyl halides is 3. The van der Waals surface area contributed by atoms with Crippen molar-refractivity contribution >= 4 is 44.9 Å². The zero-order chi connectivity index (χ0) is 30.8. The van der Waals surface area contributed by atoms with Gasteiger partial charge >= 0.3 is 12.1 Å². The number of benzene rings is 2. The summed E-state index contributed by atoms with van der Waals surface area (Å²) in [7, 11) is -4.78. The van der Waals surface area contributed by atoms with Gasteiger partial charge in [0, 0.05) is 18.2 Å². The maximum Gasteiger partial charge on any atom is 0.417 e. The molecule has 1 atom stereocenters. The van der Waals surface area contributed by atoms with Crippen LogP contribution in [0.4, 0.5) is 23.2 Å². The number of fused-ring (bicyclic) bond motifs is 1. The van der Waals surface area contributed by atoms with Crippen molar-refractivity contribution in [3.8, 4) is 11.6 Å². The standard InChI is InChI=1S/C28H25ClF4N2O6S/c1-3-40-27-24(13-18(14-34-27)28(31,32)33)42(38,39)35-15-19(8-10-25(36)37)41-23-9-7-17(12-22(23)35)11-16(2)26-20(29)5-4-6-21(26)30/h4-7,9,11-14,19H,3,8,10,15H2,1-2H3,(H,36,37)/b16-11+/t19-/m0/s1. The smallest absolute Gasteiger partial charge is 0.417 e. The zero-order valence-electron chi connectivity index (χ0n) is 22.3. The molecule has 4 rings (SSSR count).